The number of amides is 1. The summed E-state index contributed by atoms with van der Waals surface area (Å²) in [6.07, 6.45) is 5.20. The minimum Gasteiger partial charge on any atom is -0.385 e. The molecule has 2 aromatic carbocycles. The lowest BCUT2D eigenvalue weighted by Crippen LogP contribution is -2.29. The Hall–Kier alpha value is -2.20. The first-order chi connectivity index (χ1) is 13.2. The molecule has 27 heavy (non-hydrogen) atoms. The topological polar surface area (TPSA) is 44.4 Å². The summed E-state index contributed by atoms with van der Waals surface area (Å²) < 4.78 is 0. The van der Waals surface area contributed by atoms with Crippen LogP contribution >= 0.6 is 11.6 Å². The third-order valence-corrected chi connectivity index (χ3v) is 5.17. The molecule has 3 rings (SSSR count). The zero-order valence-electron chi connectivity index (χ0n) is 15.7. The van der Waals surface area contributed by atoms with Gasteiger partial charge in [0.15, 0.2) is 0 Å². The molecule has 1 fully saturated rings. The first kappa shape index (κ1) is 19.6. The number of hydrogen-bond acceptors (Lipinski definition) is 3. The van der Waals surface area contributed by atoms with Crippen LogP contribution in [0, 0.1) is 0 Å². The average Bonchev–Trinajstić information content (AvgIpc) is 2.71. The summed E-state index contributed by atoms with van der Waals surface area (Å²) in [6, 6.07) is 16.3. The van der Waals surface area contributed by atoms with Crippen molar-refractivity contribution in [3.8, 4) is 0 Å². The Morgan fingerprint density at radius 2 is 1.63 bits per heavy atom. The van der Waals surface area contributed by atoms with E-state index in [2.05, 4.69) is 39.8 Å². The van der Waals surface area contributed by atoms with Gasteiger partial charge in [0, 0.05) is 49.0 Å². The fraction of sp³-hybridized carbons (Fsp3) is 0.409. The van der Waals surface area contributed by atoms with Gasteiger partial charge in [0.05, 0.1) is 0 Å². The monoisotopic (exact) mass is 385 g/mol. The van der Waals surface area contributed by atoms with Crippen molar-refractivity contribution < 1.29 is 4.79 Å². The molecule has 0 radical (unpaired) electrons. The van der Waals surface area contributed by atoms with Crippen molar-refractivity contribution in [2.24, 2.45) is 0 Å². The Morgan fingerprint density at radius 3 is 2.33 bits per heavy atom. The molecule has 0 atom stereocenters. The number of piperidine rings is 1. The highest BCUT2D eigenvalue weighted by Crippen LogP contribution is 2.21. The fourth-order valence-electron chi connectivity index (χ4n) is 3.35. The van der Waals surface area contributed by atoms with E-state index in [1.165, 1.54) is 30.5 Å². The van der Waals surface area contributed by atoms with Crippen molar-refractivity contribution >= 4 is 28.9 Å². The summed E-state index contributed by atoms with van der Waals surface area (Å²) in [5.74, 6) is 0.0707. The smallest absolute Gasteiger partial charge is 0.221 e. The van der Waals surface area contributed by atoms with E-state index < -0.39 is 0 Å². The van der Waals surface area contributed by atoms with Crippen molar-refractivity contribution in [2.75, 3.05) is 36.4 Å². The predicted molar refractivity (Wildman–Crippen MR) is 114 cm³/mol. The zero-order chi connectivity index (χ0) is 18.9. The van der Waals surface area contributed by atoms with Gasteiger partial charge in [0.1, 0.15) is 0 Å². The number of nitrogens with one attached hydrogen (secondary N) is 2. The molecule has 0 aromatic heterocycles. The summed E-state index contributed by atoms with van der Waals surface area (Å²) in [5, 5.41) is 7.03. The van der Waals surface area contributed by atoms with Crippen LogP contribution < -0.4 is 15.5 Å². The van der Waals surface area contributed by atoms with Crippen LogP contribution in [0.15, 0.2) is 48.5 Å². The molecule has 5 heteroatoms. The van der Waals surface area contributed by atoms with Gasteiger partial charge in [0.25, 0.3) is 0 Å². The maximum absolute atomic E-state index is 12.0. The molecule has 0 unspecified atom stereocenters. The zero-order valence-corrected chi connectivity index (χ0v) is 16.5. The number of carbonyl (C=O) groups excluding carboxylic acids is 1. The summed E-state index contributed by atoms with van der Waals surface area (Å²) in [7, 11) is 0. The van der Waals surface area contributed by atoms with Gasteiger partial charge in [-0.2, -0.15) is 0 Å². The van der Waals surface area contributed by atoms with E-state index in [-0.39, 0.29) is 5.91 Å². The number of rotatable bonds is 8. The Morgan fingerprint density at radius 1 is 0.926 bits per heavy atom. The van der Waals surface area contributed by atoms with Gasteiger partial charge in [0.2, 0.25) is 5.91 Å². The van der Waals surface area contributed by atoms with Crippen molar-refractivity contribution in [1.29, 1.82) is 0 Å². The highest BCUT2D eigenvalue weighted by molar-refractivity contribution is 6.30. The average molecular weight is 386 g/mol. The van der Waals surface area contributed by atoms with E-state index >= 15 is 0 Å². The molecule has 1 aliphatic heterocycles. The molecule has 0 saturated carbocycles. The molecule has 2 aromatic rings. The van der Waals surface area contributed by atoms with Crippen LogP contribution in [0.1, 0.15) is 31.2 Å². The molecule has 1 amide bonds. The molecule has 4 nitrogen and oxygen atoms in total. The molecule has 0 bridgehead atoms. The minimum atomic E-state index is 0.0707. The number of halogens is 1. The first-order valence-corrected chi connectivity index (χ1v) is 10.2. The van der Waals surface area contributed by atoms with Gasteiger partial charge >= 0.3 is 0 Å². The number of anilines is 2. The van der Waals surface area contributed by atoms with Crippen molar-refractivity contribution in [1.82, 2.24) is 5.32 Å². The predicted octanol–water partition coefficient (Wildman–Crippen LogP) is 4.49. The minimum absolute atomic E-state index is 0.0707. The van der Waals surface area contributed by atoms with Crippen molar-refractivity contribution in [3.05, 3.63) is 59.1 Å². The Balaban J connectivity index is 1.32. The van der Waals surface area contributed by atoms with Crippen molar-refractivity contribution in [3.63, 3.8) is 0 Å². The number of benzene rings is 2. The second-order valence-electron chi connectivity index (χ2n) is 7.00. The SMILES string of the molecule is O=C(CCNc1ccc(N2CCCCC2)cc1)NCCc1ccc(Cl)cc1. The standard InChI is InChI=1S/C22H28ClN3O/c23-19-6-4-18(5-7-19)12-14-25-22(27)13-15-24-20-8-10-21(11-9-20)26-16-2-1-3-17-26/h4-11,24H,1-3,12-17H2,(H,25,27). The Kier molecular flexibility index (Phi) is 7.40. The maximum Gasteiger partial charge on any atom is 0.221 e. The van der Waals surface area contributed by atoms with Crippen LogP contribution in [0.3, 0.4) is 0 Å². The highest BCUT2D eigenvalue weighted by atomic mass is 35.5. The van der Waals surface area contributed by atoms with Gasteiger partial charge in [-0.15, -0.1) is 0 Å². The number of nitrogens with zero attached hydrogens (tertiary/aromatic N) is 1. The second kappa shape index (κ2) is 10.2. The number of hydrogen-bond donors (Lipinski definition) is 2. The van der Waals surface area contributed by atoms with E-state index in [1.807, 2.05) is 24.3 Å². The first-order valence-electron chi connectivity index (χ1n) is 9.81. The molecule has 1 saturated heterocycles. The lowest BCUT2D eigenvalue weighted by molar-refractivity contribution is -0.120. The van der Waals surface area contributed by atoms with Crippen molar-refractivity contribution in [2.45, 2.75) is 32.1 Å². The normalized spacial score (nSPS) is 14.0. The van der Waals surface area contributed by atoms with Crippen LogP contribution in [0.5, 0.6) is 0 Å². The van der Waals surface area contributed by atoms with E-state index in [4.69, 9.17) is 11.6 Å². The molecule has 1 heterocycles. The van der Waals surface area contributed by atoms with Gasteiger partial charge in [-0.3, -0.25) is 4.79 Å². The molecule has 0 aliphatic carbocycles. The second-order valence-corrected chi connectivity index (χ2v) is 7.43. The molecular weight excluding hydrogens is 358 g/mol. The third-order valence-electron chi connectivity index (χ3n) is 4.92. The number of carbonyl (C=O) groups is 1. The summed E-state index contributed by atoms with van der Waals surface area (Å²) >= 11 is 5.87. The molecule has 0 spiro atoms. The lowest BCUT2D eigenvalue weighted by atomic mass is 10.1. The van der Waals surface area contributed by atoms with Gasteiger partial charge < -0.3 is 15.5 Å². The van der Waals surface area contributed by atoms with Gasteiger partial charge in [-0.05, 0) is 67.6 Å². The molecular formula is C22H28ClN3O. The van der Waals surface area contributed by atoms with Crippen LogP contribution in [0.25, 0.3) is 0 Å². The molecule has 144 valence electrons. The maximum atomic E-state index is 12.0. The summed E-state index contributed by atoms with van der Waals surface area (Å²) in [6.45, 7) is 3.59. The van der Waals surface area contributed by atoms with Gasteiger partial charge in [-0.25, -0.2) is 0 Å². The lowest BCUT2D eigenvalue weighted by Gasteiger charge is -2.28. The summed E-state index contributed by atoms with van der Waals surface area (Å²) in [5.41, 5.74) is 3.52. The van der Waals surface area contributed by atoms with Crippen LogP contribution in [0.4, 0.5) is 11.4 Å². The largest absolute Gasteiger partial charge is 0.385 e. The summed E-state index contributed by atoms with van der Waals surface area (Å²) in [4.78, 5) is 14.4. The van der Waals surface area contributed by atoms with Crippen LogP contribution in [-0.2, 0) is 11.2 Å². The quantitative estimate of drug-likeness (QED) is 0.703. The van der Waals surface area contributed by atoms with E-state index in [0.29, 0.717) is 19.5 Å². The Bertz CT molecular complexity index is 709. The van der Waals surface area contributed by atoms with E-state index in [0.717, 1.165) is 30.2 Å². The third kappa shape index (κ3) is 6.47. The molecule has 2 N–H and O–H groups in total. The van der Waals surface area contributed by atoms with E-state index in [1.54, 1.807) is 0 Å². The van der Waals surface area contributed by atoms with Gasteiger partial charge in [-0.1, -0.05) is 23.7 Å². The van der Waals surface area contributed by atoms with Crippen LogP contribution in [0.2, 0.25) is 5.02 Å². The Labute approximate surface area is 166 Å². The highest BCUT2D eigenvalue weighted by Gasteiger charge is 2.10. The van der Waals surface area contributed by atoms with Crippen LogP contribution in [-0.4, -0.2) is 32.1 Å². The van der Waals surface area contributed by atoms with E-state index in [9.17, 15) is 4.79 Å². The fourth-order valence-corrected chi connectivity index (χ4v) is 3.47. The molecule has 1 aliphatic rings.